The molecule has 0 aromatic heterocycles. The van der Waals surface area contributed by atoms with Gasteiger partial charge in [0.1, 0.15) is 0 Å². The summed E-state index contributed by atoms with van der Waals surface area (Å²) in [6, 6.07) is 0. The summed E-state index contributed by atoms with van der Waals surface area (Å²) in [5.41, 5.74) is 0.303. The number of amides is 2. The molecule has 0 aromatic carbocycles. The van der Waals surface area contributed by atoms with E-state index in [1.54, 1.807) is 0 Å². The van der Waals surface area contributed by atoms with Crippen molar-refractivity contribution < 1.29 is 9.59 Å². The van der Waals surface area contributed by atoms with E-state index in [-0.39, 0.29) is 11.1 Å². The van der Waals surface area contributed by atoms with Crippen LogP contribution in [0.1, 0.15) is 0 Å². The predicted molar refractivity (Wildman–Crippen MR) is 69.5 cm³/mol. The van der Waals surface area contributed by atoms with Gasteiger partial charge in [-0.1, -0.05) is 0 Å². The van der Waals surface area contributed by atoms with Crippen LogP contribution in [0.2, 0.25) is 39.3 Å². The molecule has 0 aliphatic heterocycles. The van der Waals surface area contributed by atoms with E-state index < -0.39 is 34.0 Å². The predicted octanol–water partition coefficient (Wildman–Crippen LogP) is 1.78. The van der Waals surface area contributed by atoms with Crippen molar-refractivity contribution in [2.45, 2.75) is 39.3 Å². The second-order valence-electron chi connectivity index (χ2n) is 5.59. The maximum absolute atomic E-state index is 11.5. The number of nitrogens with one attached hydrogen (secondary N) is 2. The summed E-state index contributed by atoms with van der Waals surface area (Å²) < 4.78 is 5.79. The summed E-state index contributed by atoms with van der Waals surface area (Å²) in [6.45, 7) is 12.0. The molecule has 2 amide bonds. The zero-order valence-electron chi connectivity index (χ0n) is 10.4. The van der Waals surface area contributed by atoms with Gasteiger partial charge in [-0.3, -0.25) is 0 Å². The Hall–Kier alpha value is 0.0101. The van der Waals surface area contributed by atoms with Gasteiger partial charge in [0.05, 0.1) is 0 Å². The Morgan fingerprint density at radius 3 is 1.27 bits per heavy atom. The molecule has 0 rings (SSSR count). The van der Waals surface area contributed by atoms with Gasteiger partial charge in [-0.25, -0.2) is 0 Å². The van der Waals surface area contributed by atoms with E-state index in [4.69, 9.17) is 0 Å². The van der Waals surface area contributed by atoms with Gasteiger partial charge in [-0.2, -0.15) is 0 Å². The topological polar surface area (TPSA) is 58.2 Å². The van der Waals surface area contributed by atoms with E-state index in [1.807, 2.05) is 39.3 Å². The van der Waals surface area contributed by atoms with E-state index >= 15 is 0 Å². The minimum atomic E-state index is -1.73. The molecule has 15 heavy (non-hydrogen) atoms. The Kier molecular flexibility index (Phi) is 5.38. The second-order valence-corrected chi connectivity index (χ2v) is 17.3. The van der Waals surface area contributed by atoms with Gasteiger partial charge in [-0.15, -0.1) is 0 Å². The molecule has 7 heteroatoms. The van der Waals surface area contributed by atoms with Gasteiger partial charge in [0.25, 0.3) is 0 Å². The van der Waals surface area contributed by atoms with Crippen molar-refractivity contribution in [1.82, 2.24) is 8.05 Å². The van der Waals surface area contributed by atoms with Crippen molar-refractivity contribution in [2.75, 3.05) is 0 Å². The average molecular weight is 302 g/mol. The number of carbonyl (C=O) groups is 2. The Labute approximate surface area is 102 Å². The van der Waals surface area contributed by atoms with Crippen LogP contribution in [-0.2, 0) is 0 Å². The monoisotopic (exact) mass is 301 g/mol. The summed E-state index contributed by atoms with van der Waals surface area (Å²) in [7, 11) is -3.46. The molecule has 0 aromatic rings. The van der Waals surface area contributed by atoms with Gasteiger partial charge < -0.3 is 0 Å². The third-order valence-electron chi connectivity index (χ3n) is 1.77. The molecule has 85 valence electrons. The summed E-state index contributed by atoms with van der Waals surface area (Å²) in [6.07, 6.45) is 0. The first kappa shape index (κ1) is 15.0. The van der Waals surface area contributed by atoms with Gasteiger partial charge in [0, 0.05) is 0 Å². The van der Waals surface area contributed by atoms with Crippen LogP contribution in [0.3, 0.4) is 0 Å². The molecule has 0 fully saturated rings. The first-order chi connectivity index (χ1) is 6.55. The molecule has 0 spiro atoms. The average Bonchev–Trinajstić information content (AvgIpc) is 2.00. The molecular weight excluding hydrogens is 282 g/mol. The van der Waals surface area contributed by atoms with Crippen LogP contribution >= 0.6 is 0 Å². The zero-order chi connectivity index (χ0) is 12.3. The zero-order valence-corrected chi connectivity index (χ0v) is 14.8. The van der Waals surface area contributed by atoms with E-state index in [9.17, 15) is 9.59 Å². The molecule has 0 aliphatic carbocycles. The van der Waals surface area contributed by atoms with Crippen molar-refractivity contribution in [3.63, 3.8) is 0 Å². The minimum absolute atomic E-state index is 0.151. The molecule has 0 saturated heterocycles. The van der Waals surface area contributed by atoms with Crippen LogP contribution in [0, 0.1) is 0 Å². The molecule has 4 nitrogen and oxygen atoms in total. The second kappa shape index (κ2) is 5.37. The Balaban J connectivity index is 3.92. The number of hydrogen-bond acceptors (Lipinski definition) is 2. The molecule has 0 unspecified atom stereocenters. The molecule has 0 bridgehead atoms. The van der Waals surface area contributed by atoms with Crippen molar-refractivity contribution in [3.8, 4) is 0 Å². The van der Waals surface area contributed by atoms with Crippen LogP contribution in [-0.4, -0.2) is 45.1 Å². The summed E-state index contributed by atoms with van der Waals surface area (Å²) >= 11 is -1.13. The van der Waals surface area contributed by atoms with E-state index in [0.717, 1.165) is 0 Å². The van der Waals surface area contributed by atoms with Crippen molar-refractivity contribution in [1.29, 1.82) is 0 Å². The molecule has 2 N–H and O–H groups in total. The van der Waals surface area contributed by atoms with Gasteiger partial charge in [0.2, 0.25) is 0 Å². The fourth-order valence-electron chi connectivity index (χ4n) is 0.600. The fraction of sp³-hybridized carbons (Fsp3) is 0.750. The van der Waals surface area contributed by atoms with E-state index in [2.05, 4.69) is 8.05 Å². The molecular formula is C8H20GaN2O2Si2. The third-order valence-corrected chi connectivity index (χ3v) is 7.70. The number of rotatable bonds is 4. The SMILES string of the molecule is C[Si](C)(C)C(=O)[NH][Ga][NH]C(=O)[Si](C)(C)C. The first-order valence-electron chi connectivity index (χ1n) is 4.99. The number of carbonyl (C=O) groups excluding carboxylic acids is 2. The van der Waals surface area contributed by atoms with Crippen molar-refractivity contribution in [2.24, 2.45) is 0 Å². The Morgan fingerprint density at radius 1 is 0.800 bits per heavy atom. The van der Waals surface area contributed by atoms with Crippen LogP contribution in [0.15, 0.2) is 0 Å². The van der Waals surface area contributed by atoms with Gasteiger partial charge >= 0.3 is 102 Å². The van der Waals surface area contributed by atoms with Gasteiger partial charge in [-0.05, 0) is 0 Å². The van der Waals surface area contributed by atoms with E-state index in [0.29, 0.717) is 0 Å². The van der Waals surface area contributed by atoms with Crippen molar-refractivity contribution >= 4 is 45.1 Å². The Morgan fingerprint density at radius 2 is 1.07 bits per heavy atom. The van der Waals surface area contributed by atoms with Crippen LogP contribution in [0.4, 0.5) is 9.59 Å². The maximum atomic E-state index is 11.5. The van der Waals surface area contributed by atoms with Crippen LogP contribution < -0.4 is 8.05 Å². The quantitative estimate of drug-likeness (QED) is 0.778. The van der Waals surface area contributed by atoms with E-state index in [1.165, 1.54) is 0 Å². The summed E-state index contributed by atoms with van der Waals surface area (Å²) in [5, 5.41) is 0. The molecule has 0 aliphatic rings. The molecule has 0 heterocycles. The molecule has 1 radical (unpaired) electrons. The summed E-state index contributed by atoms with van der Waals surface area (Å²) in [4.78, 5) is 23.1. The van der Waals surface area contributed by atoms with Crippen LogP contribution in [0.25, 0.3) is 0 Å². The molecule has 0 atom stereocenters. The summed E-state index contributed by atoms with van der Waals surface area (Å²) in [5.74, 6) is 0. The third kappa shape index (κ3) is 6.23. The molecule has 0 saturated carbocycles. The Bertz CT molecular complexity index is 232. The fourth-order valence-corrected chi connectivity index (χ4v) is 8.37. The first-order valence-corrected chi connectivity index (χ1v) is 14.4. The van der Waals surface area contributed by atoms with Crippen LogP contribution in [0.5, 0.6) is 0 Å². The standard InChI is InChI=1S/2C4H11NOSi.Ga/c2*1-7(2,3)4(5)6;/h2*1-3H3,(H2,5,6);/q;;+2/p-2. The normalized spacial score (nSPS) is 11.9. The number of hydrogen-bond donors (Lipinski definition) is 2. The van der Waals surface area contributed by atoms with Crippen molar-refractivity contribution in [3.05, 3.63) is 0 Å². The van der Waals surface area contributed by atoms with Gasteiger partial charge in [0.15, 0.2) is 0 Å².